The molecule has 0 saturated heterocycles. The van der Waals surface area contributed by atoms with Gasteiger partial charge in [0.15, 0.2) is 0 Å². The predicted molar refractivity (Wildman–Crippen MR) is 69.4 cm³/mol. The molecule has 2 rings (SSSR count). The maximum atomic E-state index is 6.21. The molecule has 0 N–H and O–H groups in total. The number of rotatable bonds is 3. The summed E-state index contributed by atoms with van der Waals surface area (Å²) in [5.74, 6) is 0. The fourth-order valence-electron chi connectivity index (χ4n) is 2.41. The van der Waals surface area contributed by atoms with Gasteiger partial charge in [-0.1, -0.05) is 24.4 Å². The van der Waals surface area contributed by atoms with Crippen LogP contribution in [0.1, 0.15) is 31.2 Å². The standard InChI is InChI=1S/C11H12ClNS2/c12-10-6-15-5-9(10)11(7-13-8-14)3-1-2-4-11/h5-6H,1-4,7H2. The molecule has 1 heterocycles. The van der Waals surface area contributed by atoms with E-state index in [1.54, 1.807) is 11.3 Å². The molecule has 1 aliphatic rings. The first-order valence-electron chi connectivity index (χ1n) is 5.04. The number of hydrogen-bond acceptors (Lipinski definition) is 3. The van der Waals surface area contributed by atoms with Gasteiger partial charge in [0, 0.05) is 10.8 Å². The molecule has 0 unspecified atom stereocenters. The van der Waals surface area contributed by atoms with Crippen molar-refractivity contribution < 1.29 is 0 Å². The molecule has 0 atom stereocenters. The Labute approximate surface area is 104 Å². The van der Waals surface area contributed by atoms with Crippen LogP contribution in [0.4, 0.5) is 0 Å². The molecule has 1 saturated carbocycles. The Hall–Kier alpha value is -0.210. The van der Waals surface area contributed by atoms with Crippen molar-refractivity contribution in [3.8, 4) is 0 Å². The van der Waals surface area contributed by atoms with E-state index >= 15 is 0 Å². The Morgan fingerprint density at radius 1 is 1.47 bits per heavy atom. The molecule has 0 aromatic carbocycles. The number of aliphatic imine (C=N–C) groups is 1. The second-order valence-corrected chi connectivity index (χ2v) is 5.36. The van der Waals surface area contributed by atoms with Crippen molar-refractivity contribution in [3.63, 3.8) is 0 Å². The summed E-state index contributed by atoms with van der Waals surface area (Å²) in [5, 5.41) is 7.52. The van der Waals surface area contributed by atoms with Crippen molar-refractivity contribution in [2.24, 2.45) is 4.99 Å². The average Bonchev–Trinajstić information content (AvgIpc) is 2.84. The van der Waals surface area contributed by atoms with Crippen LogP contribution in [-0.4, -0.2) is 11.7 Å². The highest BCUT2D eigenvalue weighted by molar-refractivity contribution is 7.78. The third-order valence-electron chi connectivity index (χ3n) is 3.19. The normalized spacial score (nSPS) is 18.7. The molecule has 0 radical (unpaired) electrons. The molecule has 80 valence electrons. The molecule has 0 aliphatic heterocycles. The summed E-state index contributed by atoms with van der Waals surface area (Å²) < 4.78 is 0. The number of nitrogens with zero attached hydrogens (tertiary/aromatic N) is 1. The quantitative estimate of drug-likeness (QED) is 0.580. The lowest BCUT2D eigenvalue weighted by molar-refractivity contribution is 0.457. The topological polar surface area (TPSA) is 12.4 Å². The van der Waals surface area contributed by atoms with Gasteiger partial charge in [-0.05, 0) is 36.0 Å². The monoisotopic (exact) mass is 257 g/mol. The van der Waals surface area contributed by atoms with Crippen molar-refractivity contribution >= 4 is 40.3 Å². The Bertz CT molecular complexity index is 387. The first-order valence-corrected chi connectivity index (χ1v) is 6.77. The van der Waals surface area contributed by atoms with Gasteiger partial charge in [-0.2, -0.15) is 11.3 Å². The van der Waals surface area contributed by atoms with Gasteiger partial charge in [-0.25, -0.2) is 4.99 Å². The van der Waals surface area contributed by atoms with Crippen LogP contribution >= 0.6 is 35.2 Å². The Kier molecular flexibility index (Phi) is 3.57. The van der Waals surface area contributed by atoms with Gasteiger partial charge in [0.25, 0.3) is 0 Å². The number of thiocarbonyl (C=S) groups is 1. The maximum Gasteiger partial charge on any atom is 0.0590 e. The lowest BCUT2D eigenvalue weighted by Gasteiger charge is -2.26. The summed E-state index contributed by atoms with van der Waals surface area (Å²) in [7, 11) is 0. The first kappa shape index (κ1) is 11.3. The number of halogens is 1. The van der Waals surface area contributed by atoms with Crippen molar-refractivity contribution in [1.82, 2.24) is 0 Å². The van der Waals surface area contributed by atoms with Crippen LogP contribution in [0, 0.1) is 0 Å². The first-order chi connectivity index (χ1) is 7.28. The molecule has 0 amide bonds. The predicted octanol–water partition coefficient (Wildman–Crippen LogP) is 4.32. The fourth-order valence-corrected chi connectivity index (χ4v) is 3.77. The molecule has 4 heteroatoms. The minimum absolute atomic E-state index is 0.142. The van der Waals surface area contributed by atoms with E-state index in [0.29, 0.717) is 0 Å². The van der Waals surface area contributed by atoms with Crippen LogP contribution in [-0.2, 0) is 5.41 Å². The molecule has 1 aromatic heterocycles. The zero-order valence-corrected chi connectivity index (χ0v) is 10.7. The molecule has 0 bridgehead atoms. The molecule has 1 aromatic rings. The maximum absolute atomic E-state index is 6.21. The second-order valence-electron chi connectivity index (χ2n) is 4.03. The summed E-state index contributed by atoms with van der Waals surface area (Å²) >= 11 is 12.5. The summed E-state index contributed by atoms with van der Waals surface area (Å²) in [6.45, 7) is 0.743. The van der Waals surface area contributed by atoms with Crippen molar-refractivity contribution in [3.05, 3.63) is 21.3 Å². The number of hydrogen-bond donors (Lipinski definition) is 0. The van der Waals surface area contributed by atoms with E-state index in [4.69, 9.17) is 11.6 Å². The SMILES string of the molecule is S=C=NCC1(c2cscc2Cl)CCCC1. The minimum atomic E-state index is 0.142. The lowest BCUT2D eigenvalue weighted by Crippen LogP contribution is -2.25. The molecule has 1 nitrogen and oxygen atoms in total. The van der Waals surface area contributed by atoms with Gasteiger partial charge in [0.2, 0.25) is 0 Å². The van der Waals surface area contributed by atoms with Gasteiger partial charge >= 0.3 is 0 Å². The molecule has 15 heavy (non-hydrogen) atoms. The third kappa shape index (κ3) is 2.16. The highest BCUT2D eigenvalue weighted by Gasteiger charge is 2.37. The molecule has 1 fully saturated rings. The Morgan fingerprint density at radius 2 is 2.20 bits per heavy atom. The Balaban J connectivity index is 2.34. The van der Waals surface area contributed by atoms with Crippen LogP contribution in [0.5, 0.6) is 0 Å². The van der Waals surface area contributed by atoms with Crippen LogP contribution in [0.15, 0.2) is 15.8 Å². The van der Waals surface area contributed by atoms with Crippen molar-refractivity contribution in [1.29, 1.82) is 0 Å². The summed E-state index contributed by atoms with van der Waals surface area (Å²) in [6.07, 6.45) is 4.87. The highest BCUT2D eigenvalue weighted by Crippen LogP contribution is 2.45. The fraction of sp³-hybridized carbons (Fsp3) is 0.545. The van der Waals surface area contributed by atoms with Crippen LogP contribution < -0.4 is 0 Å². The van der Waals surface area contributed by atoms with Crippen molar-refractivity contribution in [2.45, 2.75) is 31.1 Å². The number of isothiocyanates is 1. The summed E-state index contributed by atoms with van der Waals surface area (Å²) in [4.78, 5) is 4.13. The lowest BCUT2D eigenvalue weighted by atomic mass is 9.80. The van der Waals surface area contributed by atoms with E-state index < -0.39 is 0 Å². The van der Waals surface area contributed by atoms with E-state index in [-0.39, 0.29) is 5.41 Å². The largest absolute Gasteiger partial charge is 0.232 e. The Morgan fingerprint density at radius 3 is 2.73 bits per heavy atom. The minimum Gasteiger partial charge on any atom is -0.232 e. The van der Waals surface area contributed by atoms with E-state index in [2.05, 4.69) is 27.8 Å². The molecule has 0 spiro atoms. The molecular weight excluding hydrogens is 246 g/mol. The summed E-state index contributed by atoms with van der Waals surface area (Å²) in [6, 6.07) is 0. The highest BCUT2D eigenvalue weighted by atomic mass is 35.5. The van der Waals surface area contributed by atoms with Gasteiger partial charge in [0.1, 0.15) is 0 Å². The van der Waals surface area contributed by atoms with Gasteiger partial charge in [0.05, 0.1) is 16.7 Å². The van der Waals surface area contributed by atoms with Crippen LogP contribution in [0.3, 0.4) is 0 Å². The van der Waals surface area contributed by atoms with Crippen molar-refractivity contribution in [2.75, 3.05) is 6.54 Å². The van der Waals surface area contributed by atoms with Crippen LogP contribution in [0.25, 0.3) is 0 Å². The van der Waals surface area contributed by atoms with E-state index in [0.717, 1.165) is 11.6 Å². The zero-order valence-electron chi connectivity index (χ0n) is 8.33. The van der Waals surface area contributed by atoms with Crippen LogP contribution in [0.2, 0.25) is 5.02 Å². The second kappa shape index (κ2) is 4.75. The molecular formula is C11H12ClNS2. The van der Waals surface area contributed by atoms with E-state index in [9.17, 15) is 0 Å². The van der Waals surface area contributed by atoms with E-state index in [1.807, 2.05) is 5.38 Å². The van der Waals surface area contributed by atoms with Gasteiger partial charge in [-0.3, -0.25) is 0 Å². The number of thiophene rings is 1. The third-order valence-corrected chi connectivity index (χ3v) is 4.51. The smallest absolute Gasteiger partial charge is 0.0590 e. The van der Waals surface area contributed by atoms with Gasteiger partial charge in [-0.15, -0.1) is 0 Å². The molecule has 1 aliphatic carbocycles. The van der Waals surface area contributed by atoms with Gasteiger partial charge < -0.3 is 0 Å². The average molecular weight is 258 g/mol. The summed E-state index contributed by atoms with van der Waals surface area (Å²) in [5.41, 5.74) is 1.41. The van der Waals surface area contributed by atoms with E-state index in [1.165, 1.54) is 31.2 Å². The zero-order chi connectivity index (χ0) is 10.7.